The summed E-state index contributed by atoms with van der Waals surface area (Å²) in [6.07, 6.45) is 4.34. The fourth-order valence-corrected chi connectivity index (χ4v) is 2.50. The fourth-order valence-electron chi connectivity index (χ4n) is 2.50. The maximum Gasteiger partial charge on any atom is 0.191 e. The lowest BCUT2D eigenvalue weighted by atomic mass is 9.76. The molecule has 1 saturated carbocycles. The predicted octanol–water partition coefficient (Wildman–Crippen LogP) is 3.99. The van der Waals surface area contributed by atoms with E-state index in [1.807, 2.05) is 0 Å². The van der Waals surface area contributed by atoms with Crippen LogP contribution in [0.5, 0.6) is 0 Å². The van der Waals surface area contributed by atoms with E-state index in [1.165, 1.54) is 12.1 Å². The van der Waals surface area contributed by atoms with Gasteiger partial charge in [-0.2, -0.15) is 0 Å². The van der Waals surface area contributed by atoms with Crippen molar-refractivity contribution in [3.05, 3.63) is 35.6 Å². The second kappa shape index (κ2) is 5.83. The van der Waals surface area contributed by atoms with Gasteiger partial charge in [-0.3, -0.25) is 4.79 Å². The van der Waals surface area contributed by atoms with Crippen molar-refractivity contribution in [2.24, 2.45) is 5.41 Å². The Morgan fingerprint density at radius 2 is 1.95 bits per heavy atom. The minimum Gasteiger partial charge on any atom is -0.370 e. The maximum atomic E-state index is 13.4. The van der Waals surface area contributed by atoms with Crippen LogP contribution in [-0.4, -0.2) is 18.5 Å². The molecule has 1 aromatic rings. The standard InChI is InChI=1S/C16H21FO2/c1-16(2)9-7-12(8-10-16)19-11-15(18)13-5-3-4-6-14(13)17/h3-6,12H,7-11H2,1-2H3. The summed E-state index contributed by atoms with van der Waals surface area (Å²) < 4.78 is 19.1. The van der Waals surface area contributed by atoms with Crippen LogP contribution in [0, 0.1) is 11.2 Å². The molecular formula is C16H21FO2. The van der Waals surface area contributed by atoms with Crippen molar-refractivity contribution in [3.63, 3.8) is 0 Å². The Labute approximate surface area is 114 Å². The van der Waals surface area contributed by atoms with E-state index >= 15 is 0 Å². The third kappa shape index (κ3) is 3.87. The molecule has 0 bridgehead atoms. The Kier molecular flexibility index (Phi) is 4.35. The molecule has 104 valence electrons. The molecule has 2 rings (SSSR count). The van der Waals surface area contributed by atoms with Gasteiger partial charge in [0.05, 0.1) is 11.7 Å². The number of halogens is 1. The molecule has 0 heterocycles. The highest BCUT2D eigenvalue weighted by atomic mass is 19.1. The highest BCUT2D eigenvalue weighted by Crippen LogP contribution is 2.36. The van der Waals surface area contributed by atoms with Crippen molar-refractivity contribution in [2.75, 3.05) is 6.61 Å². The molecule has 19 heavy (non-hydrogen) atoms. The van der Waals surface area contributed by atoms with Gasteiger partial charge in [-0.1, -0.05) is 26.0 Å². The first-order valence-electron chi connectivity index (χ1n) is 6.87. The van der Waals surface area contributed by atoms with E-state index in [0.717, 1.165) is 25.7 Å². The summed E-state index contributed by atoms with van der Waals surface area (Å²) in [5.74, 6) is -0.746. The van der Waals surface area contributed by atoms with Gasteiger partial charge in [-0.05, 0) is 43.2 Å². The molecule has 0 atom stereocenters. The van der Waals surface area contributed by atoms with Crippen molar-refractivity contribution in [2.45, 2.75) is 45.6 Å². The molecule has 0 aromatic heterocycles. The third-order valence-corrected chi connectivity index (χ3v) is 3.91. The van der Waals surface area contributed by atoms with E-state index in [9.17, 15) is 9.18 Å². The second-order valence-corrected chi connectivity index (χ2v) is 6.08. The van der Waals surface area contributed by atoms with Gasteiger partial charge in [0.15, 0.2) is 5.78 Å². The lowest BCUT2D eigenvalue weighted by Crippen LogP contribution is -2.28. The van der Waals surface area contributed by atoms with Crippen molar-refractivity contribution in [1.82, 2.24) is 0 Å². The molecule has 0 saturated heterocycles. The molecule has 1 aromatic carbocycles. The third-order valence-electron chi connectivity index (χ3n) is 3.91. The fraction of sp³-hybridized carbons (Fsp3) is 0.562. The van der Waals surface area contributed by atoms with Gasteiger partial charge in [-0.15, -0.1) is 0 Å². The van der Waals surface area contributed by atoms with Crippen LogP contribution in [-0.2, 0) is 4.74 Å². The summed E-state index contributed by atoms with van der Waals surface area (Å²) in [6, 6.07) is 6.05. The van der Waals surface area contributed by atoms with Gasteiger partial charge in [0.2, 0.25) is 0 Å². The molecule has 1 aliphatic carbocycles. The molecule has 1 fully saturated rings. The average molecular weight is 264 g/mol. The Hall–Kier alpha value is -1.22. The highest BCUT2D eigenvalue weighted by molar-refractivity contribution is 5.97. The highest BCUT2D eigenvalue weighted by Gasteiger charge is 2.27. The van der Waals surface area contributed by atoms with E-state index < -0.39 is 5.82 Å². The first kappa shape index (κ1) is 14.2. The lowest BCUT2D eigenvalue weighted by molar-refractivity contribution is 0.00848. The van der Waals surface area contributed by atoms with Gasteiger partial charge >= 0.3 is 0 Å². The Bertz CT molecular complexity index is 444. The summed E-state index contributed by atoms with van der Waals surface area (Å²) in [7, 11) is 0. The average Bonchev–Trinajstić information content (AvgIpc) is 2.38. The smallest absolute Gasteiger partial charge is 0.191 e. The molecule has 1 aliphatic rings. The SMILES string of the molecule is CC1(C)CCC(OCC(=O)c2ccccc2F)CC1. The van der Waals surface area contributed by atoms with Gasteiger partial charge in [0.25, 0.3) is 0 Å². The van der Waals surface area contributed by atoms with E-state index in [2.05, 4.69) is 13.8 Å². The van der Waals surface area contributed by atoms with E-state index in [4.69, 9.17) is 4.74 Å². The number of carbonyl (C=O) groups excluding carboxylic acids is 1. The molecule has 0 unspecified atom stereocenters. The first-order valence-corrected chi connectivity index (χ1v) is 6.87. The quantitative estimate of drug-likeness (QED) is 0.768. The first-order chi connectivity index (χ1) is 8.98. The van der Waals surface area contributed by atoms with Crippen LogP contribution in [0.3, 0.4) is 0 Å². The minimum atomic E-state index is -0.471. The molecule has 0 aliphatic heterocycles. The predicted molar refractivity (Wildman–Crippen MR) is 72.7 cm³/mol. The van der Waals surface area contributed by atoms with Crippen molar-refractivity contribution in [3.8, 4) is 0 Å². The molecule has 2 nitrogen and oxygen atoms in total. The van der Waals surface area contributed by atoms with Crippen LogP contribution in [0.15, 0.2) is 24.3 Å². The Balaban J connectivity index is 1.83. The zero-order valence-corrected chi connectivity index (χ0v) is 11.6. The van der Waals surface area contributed by atoms with Gasteiger partial charge in [0, 0.05) is 0 Å². The number of Topliss-reactive ketones (excluding diaryl/α,β-unsaturated/α-hetero) is 1. The Morgan fingerprint density at radius 3 is 2.58 bits per heavy atom. The number of rotatable bonds is 4. The van der Waals surface area contributed by atoms with Crippen LogP contribution in [0.1, 0.15) is 49.9 Å². The molecule has 0 N–H and O–H groups in total. The monoisotopic (exact) mass is 264 g/mol. The van der Waals surface area contributed by atoms with Gasteiger partial charge in [0.1, 0.15) is 12.4 Å². The Morgan fingerprint density at radius 1 is 1.32 bits per heavy atom. The molecule has 0 radical (unpaired) electrons. The number of hydrogen-bond donors (Lipinski definition) is 0. The van der Waals surface area contributed by atoms with E-state index in [1.54, 1.807) is 12.1 Å². The second-order valence-electron chi connectivity index (χ2n) is 6.08. The zero-order chi connectivity index (χ0) is 13.9. The molecule has 3 heteroatoms. The van der Waals surface area contributed by atoms with E-state index in [-0.39, 0.29) is 24.1 Å². The summed E-state index contributed by atoms with van der Waals surface area (Å²) in [5.41, 5.74) is 0.508. The molecule has 0 spiro atoms. The van der Waals surface area contributed by atoms with Gasteiger partial charge < -0.3 is 4.74 Å². The van der Waals surface area contributed by atoms with Crippen LogP contribution in [0.4, 0.5) is 4.39 Å². The van der Waals surface area contributed by atoms with Crippen LogP contribution >= 0.6 is 0 Å². The summed E-state index contributed by atoms with van der Waals surface area (Å²) in [5, 5.41) is 0. The van der Waals surface area contributed by atoms with Crippen LogP contribution in [0.2, 0.25) is 0 Å². The minimum absolute atomic E-state index is 0.0218. The van der Waals surface area contributed by atoms with Crippen molar-refractivity contribution < 1.29 is 13.9 Å². The van der Waals surface area contributed by atoms with Crippen LogP contribution in [0.25, 0.3) is 0 Å². The topological polar surface area (TPSA) is 26.3 Å². The summed E-state index contributed by atoms with van der Waals surface area (Å²) in [4.78, 5) is 11.9. The zero-order valence-electron chi connectivity index (χ0n) is 11.6. The maximum absolute atomic E-state index is 13.4. The van der Waals surface area contributed by atoms with Crippen molar-refractivity contribution in [1.29, 1.82) is 0 Å². The number of benzene rings is 1. The number of ether oxygens (including phenoxy) is 1. The number of carbonyl (C=O) groups is 1. The van der Waals surface area contributed by atoms with Crippen molar-refractivity contribution >= 4 is 5.78 Å². The largest absolute Gasteiger partial charge is 0.370 e. The van der Waals surface area contributed by atoms with Crippen LogP contribution < -0.4 is 0 Å². The summed E-state index contributed by atoms with van der Waals surface area (Å²) in [6.45, 7) is 4.49. The number of hydrogen-bond acceptors (Lipinski definition) is 2. The molecule has 0 amide bonds. The lowest BCUT2D eigenvalue weighted by Gasteiger charge is -2.34. The van der Waals surface area contributed by atoms with Gasteiger partial charge in [-0.25, -0.2) is 4.39 Å². The normalized spacial score (nSPS) is 19.3. The number of ketones is 1. The van der Waals surface area contributed by atoms with E-state index in [0.29, 0.717) is 5.41 Å². The summed E-state index contributed by atoms with van der Waals surface area (Å²) >= 11 is 0. The molecular weight excluding hydrogens is 243 g/mol.